The van der Waals surface area contributed by atoms with E-state index >= 15 is 0 Å². The number of benzene rings is 1. The van der Waals surface area contributed by atoms with Gasteiger partial charge in [-0.25, -0.2) is 8.42 Å². The molecule has 21 heavy (non-hydrogen) atoms. The molecule has 2 atom stereocenters. The second-order valence-electron chi connectivity index (χ2n) is 5.37. The first-order valence-corrected chi connectivity index (χ1v) is 8.69. The highest BCUT2D eigenvalue weighted by molar-refractivity contribution is 7.91. The summed E-state index contributed by atoms with van der Waals surface area (Å²) in [7, 11) is 0.305. The molecule has 1 fully saturated rings. The highest BCUT2D eigenvalue weighted by Gasteiger charge is 2.30. The average molecular weight is 314 g/mol. The Balaban J connectivity index is 2.17. The first-order valence-electron chi connectivity index (χ1n) is 6.87. The van der Waals surface area contributed by atoms with Crippen LogP contribution in [0.3, 0.4) is 0 Å². The van der Waals surface area contributed by atoms with E-state index in [0.717, 1.165) is 5.56 Å². The SMILES string of the molecule is COc1cc(OC)cc(C(CC2CCS(=O)(=O)C2)NN)c1. The Morgan fingerprint density at radius 2 is 1.90 bits per heavy atom. The summed E-state index contributed by atoms with van der Waals surface area (Å²) in [4.78, 5) is 0. The molecule has 1 saturated heterocycles. The molecule has 1 heterocycles. The number of nitrogens with one attached hydrogen (secondary N) is 1. The molecule has 0 aliphatic carbocycles. The fourth-order valence-corrected chi connectivity index (χ4v) is 4.60. The smallest absolute Gasteiger partial charge is 0.150 e. The summed E-state index contributed by atoms with van der Waals surface area (Å²) in [6.45, 7) is 0. The lowest BCUT2D eigenvalue weighted by Crippen LogP contribution is -2.30. The average Bonchev–Trinajstić information content (AvgIpc) is 2.83. The van der Waals surface area contributed by atoms with Gasteiger partial charge in [-0.2, -0.15) is 0 Å². The van der Waals surface area contributed by atoms with Gasteiger partial charge in [0.15, 0.2) is 9.84 Å². The van der Waals surface area contributed by atoms with Gasteiger partial charge in [0.05, 0.1) is 25.7 Å². The third-order valence-corrected chi connectivity index (χ3v) is 5.71. The van der Waals surface area contributed by atoms with Gasteiger partial charge in [0.2, 0.25) is 0 Å². The van der Waals surface area contributed by atoms with Crippen molar-refractivity contribution in [3.05, 3.63) is 23.8 Å². The van der Waals surface area contributed by atoms with Crippen LogP contribution in [0, 0.1) is 5.92 Å². The van der Waals surface area contributed by atoms with E-state index in [1.807, 2.05) is 12.1 Å². The molecule has 1 aromatic carbocycles. The molecule has 1 aliphatic rings. The fraction of sp³-hybridized carbons (Fsp3) is 0.571. The normalized spacial score (nSPS) is 22.0. The van der Waals surface area contributed by atoms with Crippen LogP contribution >= 0.6 is 0 Å². The van der Waals surface area contributed by atoms with E-state index in [1.165, 1.54) is 0 Å². The Morgan fingerprint density at radius 1 is 1.29 bits per heavy atom. The van der Waals surface area contributed by atoms with Crippen LogP contribution in [0.4, 0.5) is 0 Å². The van der Waals surface area contributed by atoms with E-state index < -0.39 is 9.84 Å². The summed E-state index contributed by atoms with van der Waals surface area (Å²) in [6.07, 6.45) is 1.37. The molecule has 0 amide bonds. The van der Waals surface area contributed by atoms with Crippen molar-refractivity contribution in [2.45, 2.75) is 18.9 Å². The van der Waals surface area contributed by atoms with Gasteiger partial charge in [0.25, 0.3) is 0 Å². The van der Waals surface area contributed by atoms with Crippen LogP contribution in [-0.4, -0.2) is 34.1 Å². The quantitative estimate of drug-likeness (QED) is 0.602. The lowest BCUT2D eigenvalue weighted by molar-refractivity contribution is 0.385. The topological polar surface area (TPSA) is 90.6 Å². The molecule has 1 aromatic rings. The van der Waals surface area contributed by atoms with E-state index in [-0.39, 0.29) is 23.5 Å². The summed E-state index contributed by atoms with van der Waals surface area (Å²) >= 11 is 0. The molecule has 0 spiro atoms. The van der Waals surface area contributed by atoms with Crippen LogP contribution in [0.5, 0.6) is 11.5 Å². The van der Waals surface area contributed by atoms with Crippen molar-refractivity contribution in [3.8, 4) is 11.5 Å². The molecule has 1 aliphatic heterocycles. The zero-order valence-corrected chi connectivity index (χ0v) is 13.2. The van der Waals surface area contributed by atoms with Crippen LogP contribution in [0.1, 0.15) is 24.4 Å². The van der Waals surface area contributed by atoms with Crippen molar-refractivity contribution < 1.29 is 17.9 Å². The molecule has 2 unspecified atom stereocenters. The highest BCUT2D eigenvalue weighted by Crippen LogP contribution is 2.32. The number of hydrazine groups is 1. The number of hydrogen-bond acceptors (Lipinski definition) is 6. The zero-order chi connectivity index (χ0) is 15.5. The van der Waals surface area contributed by atoms with Crippen LogP contribution in [0.25, 0.3) is 0 Å². The van der Waals surface area contributed by atoms with Crippen molar-refractivity contribution >= 4 is 9.84 Å². The summed E-state index contributed by atoms with van der Waals surface area (Å²) in [5.74, 6) is 7.67. The van der Waals surface area contributed by atoms with Crippen LogP contribution in [0.15, 0.2) is 18.2 Å². The molecule has 118 valence electrons. The number of methoxy groups -OCH3 is 2. The minimum atomic E-state index is -2.88. The minimum Gasteiger partial charge on any atom is -0.497 e. The second kappa shape index (κ2) is 6.64. The second-order valence-corrected chi connectivity index (χ2v) is 7.60. The maximum Gasteiger partial charge on any atom is 0.150 e. The van der Waals surface area contributed by atoms with Gasteiger partial charge < -0.3 is 9.47 Å². The maximum absolute atomic E-state index is 11.6. The van der Waals surface area contributed by atoms with E-state index in [2.05, 4.69) is 5.43 Å². The first kappa shape index (κ1) is 16.1. The number of ether oxygens (including phenoxy) is 2. The van der Waals surface area contributed by atoms with Crippen molar-refractivity contribution in [1.82, 2.24) is 5.43 Å². The van der Waals surface area contributed by atoms with Gasteiger partial charge in [-0.1, -0.05) is 0 Å². The van der Waals surface area contributed by atoms with Crippen molar-refractivity contribution in [1.29, 1.82) is 0 Å². The van der Waals surface area contributed by atoms with E-state index in [0.29, 0.717) is 24.3 Å². The molecule has 0 aromatic heterocycles. The number of rotatable bonds is 6. The summed E-state index contributed by atoms with van der Waals surface area (Å²) in [6, 6.07) is 5.43. The Hall–Kier alpha value is -1.31. The van der Waals surface area contributed by atoms with E-state index in [4.69, 9.17) is 15.3 Å². The molecular weight excluding hydrogens is 292 g/mol. The molecule has 3 N–H and O–H groups in total. The minimum absolute atomic E-state index is 0.132. The van der Waals surface area contributed by atoms with Gasteiger partial charge >= 0.3 is 0 Å². The van der Waals surface area contributed by atoms with Gasteiger partial charge in [-0.05, 0) is 36.5 Å². The molecule has 7 heteroatoms. The monoisotopic (exact) mass is 314 g/mol. The number of sulfone groups is 1. The largest absolute Gasteiger partial charge is 0.497 e. The van der Waals surface area contributed by atoms with Crippen molar-refractivity contribution in [3.63, 3.8) is 0 Å². The lowest BCUT2D eigenvalue weighted by atomic mass is 9.94. The summed E-state index contributed by atoms with van der Waals surface area (Å²) in [5, 5.41) is 0. The van der Waals surface area contributed by atoms with Crippen molar-refractivity contribution in [2.75, 3.05) is 25.7 Å². The first-order chi connectivity index (χ1) is 9.97. The number of hydrogen-bond donors (Lipinski definition) is 2. The Kier molecular flexibility index (Phi) is 5.08. The fourth-order valence-electron chi connectivity index (χ4n) is 2.72. The predicted octanol–water partition coefficient (Wildman–Crippen LogP) is 1.03. The van der Waals surface area contributed by atoms with Gasteiger partial charge in [0, 0.05) is 12.1 Å². The molecule has 0 saturated carbocycles. The number of nitrogens with two attached hydrogens (primary N) is 1. The Bertz CT molecular complexity index is 566. The van der Waals surface area contributed by atoms with Gasteiger partial charge in [-0.3, -0.25) is 11.3 Å². The summed E-state index contributed by atoms with van der Waals surface area (Å²) in [5.41, 5.74) is 3.70. The summed E-state index contributed by atoms with van der Waals surface area (Å²) < 4.78 is 33.6. The van der Waals surface area contributed by atoms with Crippen LogP contribution in [-0.2, 0) is 9.84 Å². The zero-order valence-electron chi connectivity index (χ0n) is 12.3. The standard InChI is InChI=1S/C14H22N2O4S/c1-19-12-6-11(7-13(8-12)20-2)14(16-15)5-10-3-4-21(17,18)9-10/h6-8,10,14,16H,3-5,9,15H2,1-2H3. The lowest BCUT2D eigenvalue weighted by Gasteiger charge is -2.20. The third kappa shape index (κ3) is 4.09. The Morgan fingerprint density at radius 3 is 2.33 bits per heavy atom. The molecule has 2 rings (SSSR count). The highest BCUT2D eigenvalue weighted by atomic mass is 32.2. The Labute approximate surface area is 125 Å². The predicted molar refractivity (Wildman–Crippen MR) is 81.0 cm³/mol. The molecule has 6 nitrogen and oxygen atoms in total. The molecule has 0 radical (unpaired) electrons. The van der Waals surface area contributed by atoms with E-state index in [9.17, 15) is 8.42 Å². The maximum atomic E-state index is 11.6. The van der Waals surface area contributed by atoms with E-state index in [1.54, 1.807) is 20.3 Å². The van der Waals surface area contributed by atoms with Gasteiger partial charge in [-0.15, -0.1) is 0 Å². The molecule has 0 bridgehead atoms. The van der Waals surface area contributed by atoms with Crippen LogP contribution in [0.2, 0.25) is 0 Å². The third-order valence-electron chi connectivity index (χ3n) is 3.87. The van der Waals surface area contributed by atoms with Crippen molar-refractivity contribution in [2.24, 2.45) is 11.8 Å². The molecular formula is C14H22N2O4S. The van der Waals surface area contributed by atoms with Crippen LogP contribution < -0.4 is 20.7 Å². The van der Waals surface area contributed by atoms with Gasteiger partial charge in [0.1, 0.15) is 11.5 Å².